The van der Waals surface area contributed by atoms with Crippen LogP contribution in [0.1, 0.15) is 11.1 Å². The fourth-order valence-electron chi connectivity index (χ4n) is 2.39. The molecule has 0 aliphatic carbocycles. The van der Waals surface area contributed by atoms with E-state index in [1.165, 1.54) is 5.56 Å². The minimum atomic E-state index is -0.358. The van der Waals surface area contributed by atoms with Crippen molar-refractivity contribution in [1.29, 1.82) is 0 Å². The smallest absolute Gasteiger partial charge is 0.292 e. The first-order valence-corrected chi connectivity index (χ1v) is 6.74. The third-order valence-corrected chi connectivity index (χ3v) is 3.47. The van der Waals surface area contributed by atoms with E-state index in [2.05, 4.69) is 23.2 Å². The van der Waals surface area contributed by atoms with Crippen LogP contribution in [0.4, 0.5) is 17.1 Å². The number of para-hydroxylation sites is 1. The summed E-state index contributed by atoms with van der Waals surface area (Å²) < 4.78 is 0. The number of hydrogen-bond donors (Lipinski definition) is 1. The number of nitro benzene ring substituents is 1. The lowest BCUT2D eigenvalue weighted by atomic mass is 10.1. The van der Waals surface area contributed by atoms with Crippen LogP contribution >= 0.6 is 0 Å². The molecule has 0 fully saturated rings. The molecule has 0 atom stereocenters. The normalized spacial score (nSPS) is 10.2. The van der Waals surface area contributed by atoms with Gasteiger partial charge in [0.05, 0.1) is 4.92 Å². The van der Waals surface area contributed by atoms with E-state index in [1.54, 1.807) is 19.2 Å². The van der Waals surface area contributed by atoms with Gasteiger partial charge in [-0.15, -0.1) is 0 Å². The van der Waals surface area contributed by atoms with E-state index in [0.29, 0.717) is 12.2 Å². The largest absolute Gasteiger partial charge is 0.383 e. The molecule has 0 aliphatic heterocycles. The third kappa shape index (κ3) is 3.31. The Labute approximate surface area is 124 Å². The van der Waals surface area contributed by atoms with Crippen molar-refractivity contribution >= 4 is 17.1 Å². The summed E-state index contributed by atoms with van der Waals surface area (Å²) in [6, 6.07) is 13.4. The molecular weight excluding hydrogens is 266 g/mol. The first kappa shape index (κ1) is 14.8. The average Bonchev–Trinajstić information content (AvgIpc) is 2.47. The predicted octanol–water partition coefficient (Wildman–Crippen LogP) is 3.58. The van der Waals surface area contributed by atoms with Crippen LogP contribution in [0.3, 0.4) is 0 Å². The Hall–Kier alpha value is -2.56. The molecule has 0 heterocycles. The minimum Gasteiger partial charge on any atom is -0.383 e. The molecule has 2 aromatic rings. The molecule has 0 saturated heterocycles. The first-order valence-electron chi connectivity index (χ1n) is 6.74. The lowest BCUT2D eigenvalue weighted by Gasteiger charge is -2.21. The fraction of sp³-hybridized carbons (Fsp3) is 0.250. The Morgan fingerprint density at radius 3 is 2.57 bits per heavy atom. The third-order valence-electron chi connectivity index (χ3n) is 3.47. The number of hydrogen-bond acceptors (Lipinski definition) is 4. The molecule has 0 unspecified atom stereocenters. The molecule has 5 nitrogen and oxygen atoms in total. The van der Waals surface area contributed by atoms with E-state index in [-0.39, 0.29) is 10.6 Å². The highest BCUT2D eigenvalue weighted by Crippen LogP contribution is 2.27. The van der Waals surface area contributed by atoms with Gasteiger partial charge >= 0.3 is 0 Å². The van der Waals surface area contributed by atoms with Crippen molar-refractivity contribution in [3.63, 3.8) is 0 Å². The molecule has 1 N–H and O–H groups in total. The molecule has 0 aromatic heterocycles. The highest BCUT2D eigenvalue weighted by Gasteiger charge is 2.14. The van der Waals surface area contributed by atoms with Gasteiger partial charge in [-0.3, -0.25) is 10.1 Å². The molecular formula is C16H19N3O2. The summed E-state index contributed by atoms with van der Waals surface area (Å²) in [4.78, 5) is 12.8. The summed E-state index contributed by atoms with van der Waals surface area (Å²) in [6.07, 6.45) is 0. The molecule has 21 heavy (non-hydrogen) atoms. The van der Waals surface area contributed by atoms with Gasteiger partial charge in [0.1, 0.15) is 5.69 Å². The summed E-state index contributed by atoms with van der Waals surface area (Å²) in [7, 11) is 3.67. The quantitative estimate of drug-likeness (QED) is 0.674. The zero-order valence-corrected chi connectivity index (χ0v) is 12.5. The van der Waals surface area contributed by atoms with Crippen molar-refractivity contribution in [1.82, 2.24) is 0 Å². The van der Waals surface area contributed by atoms with E-state index in [4.69, 9.17) is 0 Å². The summed E-state index contributed by atoms with van der Waals surface area (Å²) in [5.41, 5.74) is 3.85. The van der Waals surface area contributed by atoms with Crippen molar-refractivity contribution < 1.29 is 4.92 Å². The van der Waals surface area contributed by atoms with E-state index in [0.717, 1.165) is 11.3 Å². The molecule has 0 aliphatic rings. The van der Waals surface area contributed by atoms with Gasteiger partial charge in [-0.1, -0.05) is 24.3 Å². The number of nitrogens with one attached hydrogen (secondary N) is 1. The number of anilines is 2. The maximum absolute atomic E-state index is 11.1. The molecule has 0 saturated carbocycles. The molecule has 110 valence electrons. The molecule has 5 heteroatoms. The van der Waals surface area contributed by atoms with Crippen LogP contribution in [0.2, 0.25) is 0 Å². The lowest BCUT2D eigenvalue weighted by molar-refractivity contribution is -0.384. The van der Waals surface area contributed by atoms with Crippen LogP contribution in [0.25, 0.3) is 0 Å². The SMILES string of the molecule is CNc1ccc(CN(C)c2ccccc2C)cc1[N+](=O)[O-]. The van der Waals surface area contributed by atoms with Crippen molar-refractivity contribution in [2.75, 3.05) is 24.3 Å². The summed E-state index contributed by atoms with van der Waals surface area (Å²) in [6.45, 7) is 2.67. The molecule has 0 spiro atoms. The van der Waals surface area contributed by atoms with E-state index in [1.807, 2.05) is 31.3 Å². The topological polar surface area (TPSA) is 58.4 Å². The Morgan fingerprint density at radius 2 is 1.95 bits per heavy atom. The predicted molar refractivity (Wildman–Crippen MR) is 85.9 cm³/mol. The van der Waals surface area contributed by atoms with Crippen LogP contribution in [-0.2, 0) is 6.54 Å². The highest BCUT2D eigenvalue weighted by molar-refractivity contribution is 5.63. The molecule has 2 rings (SSSR count). The number of rotatable bonds is 5. The van der Waals surface area contributed by atoms with Crippen LogP contribution in [0.5, 0.6) is 0 Å². The zero-order chi connectivity index (χ0) is 15.4. The molecule has 0 radical (unpaired) electrons. The second-order valence-corrected chi connectivity index (χ2v) is 5.00. The van der Waals surface area contributed by atoms with E-state index < -0.39 is 0 Å². The number of nitro groups is 1. The standard InChI is InChI=1S/C16H19N3O2/c1-12-6-4-5-7-15(12)18(3)11-13-8-9-14(17-2)16(10-13)19(20)21/h4-10,17H,11H2,1-3H3. The van der Waals surface area contributed by atoms with Crippen LogP contribution < -0.4 is 10.2 Å². The molecule has 0 amide bonds. The van der Waals surface area contributed by atoms with Crippen LogP contribution in [-0.4, -0.2) is 19.0 Å². The Bertz CT molecular complexity index is 656. The van der Waals surface area contributed by atoms with Crippen molar-refractivity contribution in [2.45, 2.75) is 13.5 Å². The van der Waals surface area contributed by atoms with Crippen molar-refractivity contribution in [2.24, 2.45) is 0 Å². The number of aryl methyl sites for hydroxylation is 1. The highest BCUT2D eigenvalue weighted by atomic mass is 16.6. The second-order valence-electron chi connectivity index (χ2n) is 5.00. The van der Waals surface area contributed by atoms with E-state index in [9.17, 15) is 10.1 Å². The van der Waals surface area contributed by atoms with Gasteiger partial charge in [0, 0.05) is 32.4 Å². The van der Waals surface area contributed by atoms with E-state index >= 15 is 0 Å². The number of benzene rings is 2. The van der Waals surface area contributed by atoms with Crippen LogP contribution in [0, 0.1) is 17.0 Å². The minimum absolute atomic E-state index is 0.105. The van der Waals surface area contributed by atoms with Gasteiger partial charge in [-0.05, 0) is 30.2 Å². The van der Waals surface area contributed by atoms with Gasteiger partial charge in [-0.2, -0.15) is 0 Å². The summed E-state index contributed by atoms with van der Waals surface area (Å²) in [5, 5.41) is 13.9. The average molecular weight is 285 g/mol. The fourth-order valence-corrected chi connectivity index (χ4v) is 2.39. The first-order chi connectivity index (χ1) is 10.0. The second kappa shape index (κ2) is 6.26. The lowest BCUT2D eigenvalue weighted by Crippen LogP contribution is -2.17. The van der Waals surface area contributed by atoms with Gasteiger partial charge in [-0.25, -0.2) is 0 Å². The van der Waals surface area contributed by atoms with Gasteiger partial charge in [0.25, 0.3) is 5.69 Å². The van der Waals surface area contributed by atoms with Crippen LogP contribution in [0.15, 0.2) is 42.5 Å². The summed E-state index contributed by atoms with van der Waals surface area (Å²) >= 11 is 0. The van der Waals surface area contributed by atoms with Gasteiger partial charge in [0.2, 0.25) is 0 Å². The monoisotopic (exact) mass is 285 g/mol. The Morgan fingerprint density at radius 1 is 1.24 bits per heavy atom. The summed E-state index contributed by atoms with van der Waals surface area (Å²) in [5.74, 6) is 0. The number of nitrogens with zero attached hydrogens (tertiary/aromatic N) is 2. The van der Waals surface area contributed by atoms with Crippen molar-refractivity contribution in [3.8, 4) is 0 Å². The van der Waals surface area contributed by atoms with Gasteiger partial charge < -0.3 is 10.2 Å². The maximum atomic E-state index is 11.1. The van der Waals surface area contributed by atoms with Crippen molar-refractivity contribution in [3.05, 3.63) is 63.7 Å². The Balaban J connectivity index is 2.26. The Kier molecular flexibility index (Phi) is 4.42. The van der Waals surface area contributed by atoms with Gasteiger partial charge in [0.15, 0.2) is 0 Å². The maximum Gasteiger partial charge on any atom is 0.292 e. The zero-order valence-electron chi connectivity index (χ0n) is 12.5. The molecule has 0 bridgehead atoms. The molecule has 2 aromatic carbocycles.